The first-order chi connectivity index (χ1) is 9.30. The highest BCUT2D eigenvalue weighted by Crippen LogP contribution is 2.28. The molecule has 0 aromatic carbocycles. The largest absolute Gasteiger partial charge is 0.419 e. The molecule has 1 atom stereocenters. The molecule has 0 fully saturated rings. The highest BCUT2D eigenvalue weighted by Gasteiger charge is 2.32. The number of hydrogen-bond acceptors (Lipinski definition) is 3. The summed E-state index contributed by atoms with van der Waals surface area (Å²) in [7, 11) is 0. The number of halogens is 3. The summed E-state index contributed by atoms with van der Waals surface area (Å²) in [5.74, 6) is 0. The van der Waals surface area contributed by atoms with Crippen LogP contribution in [-0.2, 0) is 12.7 Å². The van der Waals surface area contributed by atoms with Crippen molar-refractivity contribution >= 4 is 0 Å². The molecule has 0 amide bonds. The number of nitrogens with zero attached hydrogens (tertiary/aromatic N) is 3. The Balaban J connectivity index is 2.48. The zero-order valence-electron chi connectivity index (χ0n) is 11.7. The Morgan fingerprint density at radius 2 is 2.15 bits per heavy atom. The van der Waals surface area contributed by atoms with Crippen molar-refractivity contribution in [2.45, 2.75) is 51.4 Å². The van der Waals surface area contributed by atoms with Crippen molar-refractivity contribution in [3.8, 4) is 6.07 Å². The van der Waals surface area contributed by atoms with Crippen molar-refractivity contribution in [1.29, 1.82) is 5.26 Å². The Labute approximate surface area is 116 Å². The minimum atomic E-state index is -4.36. The van der Waals surface area contributed by atoms with Crippen LogP contribution in [0, 0.1) is 11.3 Å². The van der Waals surface area contributed by atoms with Crippen molar-refractivity contribution in [3.05, 3.63) is 18.0 Å². The highest BCUT2D eigenvalue weighted by molar-refractivity contribution is 5.08. The van der Waals surface area contributed by atoms with Crippen LogP contribution in [0.2, 0.25) is 0 Å². The molecule has 1 heterocycles. The first kappa shape index (κ1) is 16.5. The van der Waals surface area contributed by atoms with Crippen molar-refractivity contribution < 1.29 is 13.2 Å². The van der Waals surface area contributed by atoms with E-state index in [0.717, 1.165) is 25.4 Å². The molecule has 20 heavy (non-hydrogen) atoms. The number of alkyl halides is 3. The lowest BCUT2D eigenvalue weighted by atomic mass is 9.97. The van der Waals surface area contributed by atoms with Crippen molar-refractivity contribution in [2.24, 2.45) is 0 Å². The summed E-state index contributed by atoms with van der Waals surface area (Å²) in [6, 6.07) is 2.21. The minimum Gasteiger partial charge on any atom is -0.300 e. The molecule has 1 aromatic rings. The predicted molar refractivity (Wildman–Crippen MR) is 68.8 cm³/mol. The first-order valence-corrected chi connectivity index (χ1v) is 6.56. The zero-order chi connectivity index (χ0) is 15.2. The fourth-order valence-corrected chi connectivity index (χ4v) is 1.81. The van der Waals surface area contributed by atoms with E-state index in [9.17, 15) is 13.2 Å². The second-order valence-electron chi connectivity index (χ2n) is 4.96. The predicted octanol–water partition coefficient (Wildman–Crippen LogP) is 2.96. The van der Waals surface area contributed by atoms with Gasteiger partial charge in [0.25, 0.3) is 0 Å². The van der Waals surface area contributed by atoms with Gasteiger partial charge in [0.1, 0.15) is 5.54 Å². The van der Waals surface area contributed by atoms with E-state index in [1.807, 2.05) is 6.92 Å². The summed E-state index contributed by atoms with van der Waals surface area (Å²) in [6.45, 7) is 4.91. The van der Waals surface area contributed by atoms with E-state index in [2.05, 4.69) is 16.5 Å². The maximum absolute atomic E-state index is 12.4. The molecule has 0 saturated heterocycles. The molecular formula is C13H19F3N4. The molecule has 112 valence electrons. The Hall–Kier alpha value is -1.55. The van der Waals surface area contributed by atoms with Gasteiger partial charge in [0.15, 0.2) is 0 Å². The van der Waals surface area contributed by atoms with Gasteiger partial charge in [-0.3, -0.25) is 10.00 Å². The second-order valence-corrected chi connectivity index (χ2v) is 4.96. The molecule has 0 spiro atoms. The molecular weight excluding hydrogens is 269 g/mol. The van der Waals surface area contributed by atoms with Gasteiger partial charge in [-0.1, -0.05) is 6.92 Å². The van der Waals surface area contributed by atoms with E-state index in [0.29, 0.717) is 19.4 Å². The van der Waals surface area contributed by atoms with E-state index in [1.54, 1.807) is 6.92 Å². The fourth-order valence-electron chi connectivity index (χ4n) is 1.81. The molecule has 0 saturated carbocycles. The number of rotatable bonds is 7. The van der Waals surface area contributed by atoms with Crippen molar-refractivity contribution in [3.63, 3.8) is 0 Å². The fraction of sp³-hybridized carbons (Fsp3) is 0.692. The Morgan fingerprint density at radius 1 is 1.45 bits per heavy atom. The number of nitrogens with one attached hydrogen (secondary N) is 1. The lowest BCUT2D eigenvalue weighted by molar-refractivity contribution is -0.137. The molecule has 4 nitrogen and oxygen atoms in total. The average molecular weight is 288 g/mol. The monoisotopic (exact) mass is 288 g/mol. The number of aromatic nitrogens is 2. The van der Waals surface area contributed by atoms with Gasteiger partial charge in [0.2, 0.25) is 0 Å². The molecule has 0 aliphatic rings. The Kier molecular flexibility index (Phi) is 5.57. The topological polar surface area (TPSA) is 53.6 Å². The number of aryl methyl sites for hydroxylation is 1. The minimum absolute atomic E-state index is 0.362. The molecule has 0 aliphatic carbocycles. The van der Waals surface area contributed by atoms with Gasteiger partial charge >= 0.3 is 6.18 Å². The first-order valence-electron chi connectivity index (χ1n) is 6.56. The van der Waals surface area contributed by atoms with Crippen LogP contribution in [0.5, 0.6) is 0 Å². The summed E-state index contributed by atoms with van der Waals surface area (Å²) in [6.07, 6.45) is -0.486. The van der Waals surface area contributed by atoms with Gasteiger partial charge in [-0.05, 0) is 32.7 Å². The summed E-state index contributed by atoms with van der Waals surface area (Å²) in [5.41, 5.74) is -1.39. The van der Waals surface area contributed by atoms with Gasteiger partial charge < -0.3 is 0 Å². The quantitative estimate of drug-likeness (QED) is 0.839. The maximum Gasteiger partial charge on any atom is 0.419 e. The van der Waals surface area contributed by atoms with Crippen LogP contribution in [-0.4, -0.2) is 21.9 Å². The molecule has 1 N–H and O–H groups in total. The van der Waals surface area contributed by atoms with Crippen LogP contribution >= 0.6 is 0 Å². The second kappa shape index (κ2) is 6.75. The van der Waals surface area contributed by atoms with Gasteiger partial charge in [0.05, 0.1) is 17.8 Å². The third-order valence-corrected chi connectivity index (χ3v) is 3.04. The van der Waals surface area contributed by atoms with Gasteiger partial charge in [-0.15, -0.1) is 0 Å². The molecule has 1 aromatic heterocycles. The van der Waals surface area contributed by atoms with Crippen LogP contribution < -0.4 is 5.32 Å². The highest BCUT2D eigenvalue weighted by atomic mass is 19.4. The smallest absolute Gasteiger partial charge is 0.300 e. The van der Waals surface area contributed by atoms with Gasteiger partial charge in [-0.2, -0.15) is 23.5 Å². The maximum atomic E-state index is 12.4. The number of nitriles is 1. The summed E-state index contributed by atoms with van der Waals surface area (Å²) in [5, 5.41) is 16.0. The molecule has 0 aliphatic heterocycles. The van der Waals surface area contributed by atoms with E-state index < -0.39 is 17.3 Å². The molecule has 1 unspecified atom stereocenters. The van der Waals surface area contributed by atoms with Crippen LogP contribution in [0.1, 0.15) is 38.7 Å². The Bertz CT molecular complexity index is 461. The standard InChI is InChI=1S/C13H19F3N4/c1-3-6-18-12(2,10-17)5-4-7-20-9-11(8-19-20)13(14,15)16/h8-9,18H,3-7H2,1-2H3. The summed E-state index contributed by atoms with van der Waals surface area (Å²) < 4.78 is 38.5. The number of hydrogen-bond donors (Lipinski definition) is 1. The van der Waals surface area contributed by atoms with Gasteiger partial charge in [-0.25, -0.2) is 0 Å². The molecule has 1 rings (SSSR count). The van der Waals surface area contributed by atoms with E-state index in [4.69, 9.17) is 5.26 Å². The van der Waals surface area contributed by atoms with Crippen LogP contribution in [0.15, 0.2) is 12.4 Å². The summed E-state index contributed by atoms with van der Waals surface area (Å²) in [4.78, 5) is 0. The van der Waals surface area contributed by atoms with Crippen LogP contribution in [0.3, 0.4) is 0 Å². The SMILES string of the molecule is CCCNC(C)(C#N)CCCn1cc(C(F)(F)F)cn1. The van der Waals surface area contributed by atoms with Crippen LogP contribution in [0.25, 0.3) is 0 Å². The van der Waals surface area contributed by atoms with Crippen molar-refractivity contribution in [2.75, 3.05) is 6.54 Å². The lowest BCUT2D eigenvalue weighted by Gasteiger charge is -2.22. The van der Waals surface area contributed by atoms with E-state index in [1.165, 1.54) is 4.68 Å². The molecule has 0 bridgehead atoms. The zero-order valence-corrected chi connectivity index (χ0v) is 11.7. The third-order valence-electron chi connectivity index (χ3n) is 3.04. The van der Waals surface area contributed by atoms with E-state index >= 15 is 0 Å². The lowest BCUT2D eigenvalue weighted by Crippen LogP contribution is -2.41. The normalized spacial score (nSPS) is 14.8. The average Bonchev–Trinajstić information content (AvgIpc) is 2.85. The molecule has 0 radical (unpaired) electrons. The molecule has 7 heteroatoms. The summed E-state index contributed by atoms with van der Waals surface area (Å²) >= 11 is 0. The van der Waals surface area contributed by atoms with Crippen LogP contribution in [0.4, 0.5) is 13.2 Å². The third kappa shape index (κ3) is 4.85. The van der Waals surface area contributed by atoms with E-state index in [-0.39, 0.29) is 0 Å². The van der Waals surface area contributed by atoms with Gasteiger partial charge in [0, 0.05) is 12.7 Å². The van der Waals surface area contributed by atoms with Crippen molar-refractivity contribution in [1.82, 2.24) is 15.1 Å². The Morgan fingerprint density at radius 3 is 2.65 bits per heavy atom.